The second-order valence-corrected chi connectivity index (χ2v) is 5.21. The molecule has 1 aliphatic rings. The van der Waals surface area contributed by atoms with Crippen molar-refractivity contribution in [3.05, 3.63) is 23.4 Å². The number of guanidine groups is 1. The lowest BCUT2D eigenvalue weighted by Gasteiger charge is -2.13. The molecule has 0 aliphatic carbocycles. The quantitative estimate of drug-likeness (QED) is 0.805. The summed E-state index contributed by atoms with van der Waals surface area (Å²) in [5.41, 5.74) is 1.20. The molecule has 1 aromatic rings. The molecule has 2 rings (SSSR count). The van der Waals surface area contributed by atoms with Crippen molar-refractivity contribution in [3.63, 3.8) is 0 Å². The number of likely N-dealkylation sites (N-methyl/N-ethyl adjacent to an activating group) is 1. The van der Waals surface area contributed by atoms with Gasteiger partial charge in [-0.1, -0.05) is 6.92 Å². The summed E-state index contributed by atoms with van der Waals surface area (Å²) in [4.78, 5) is 18.2. The van der Waals surface area contributed by atoms with Crippen LogP contribution in [0.15, 0.2) is 22.8 Å². The topological polar surface area (TPSA) is 72.4 Å². The number of nitrogens with one attached hydrogen (secondary N) is 1. The molecule has 24 heavy (non-hydrogen) atoms. The van der Waals surface area contributed by atoms with E-state index in [2.05, 4.69) is 10.3 Å². The third-order valence-corrected chi connectivity index (χ3v) is 3.58. The summed E-state index contributed by atoms with van der Waals surface area (Å²) in [7, 11) is 6.35. The van der Waals surface area contributed by atoms with Gasteiger partial charge in [0.05, 0.1) is 21.3 Å². The molecule has 1 fully saturated rings. The van der Waals surface area contributed by atoms with Gasteiger partial charge < -0.3 is 19.5 Å². The van der Waals surface area contributed by atoms with Crippen LogP contribution in [0.2, 0.25) is 0 Å². The first-order chi connectivity index (χ1) is 11.5. The van der Waals surface area contributed by atoms with E-state index in [9.17, 15) is 4.79 Å². The molecule has 0 radical (unpaired) electrons. The lowest BCUT2D eigenvalue weighted by atomic mass is 10.1. The van der Waals surface area contributed by atoms with Gasteiger partial charge >= 0.3 is 0 Å². The number of hydrogen-bond acceptors (Lipinski definition) is 5. The summed E-state index contributed by atoms with van der Waals surface area (Å²) < 4.78 is 16.0. The van der Waals surface area contributed by atoms with Crippen molar-refractivity contribution in [2.24, 2.45) is 4.99 Å². The summed E-state index contributed by atoms with van der Waals surface area (Å²) in [5.74, 6) is 1.99. The summed E-state index contributed by atoms with van der Waals surface area (Å²) >= 11 is 0. The number of hydrogen-bond donors (Lipinski definition) is 1. The molecule has 1 aromatic carbocycles. The summed E-state index contributed by atoms with van der Waals surface area (Å²) in [6.07, 6.45) is 2.65. The van der Waals surface area contributed by atoms with Crippen molar-refractivity contribution < 1.29 is 19.0 Å². The Morgan fingerprint density at radius 3 is 2.29 bits per heavy atom. The molecule has 0 saturated carbocycles. The maximum Gasteiger partial charge on any atom is 0.276 e. The monoisotopic (exact) mass is 333 g/mol. The van der Waals surface area contributed by atoms with E-state index in [0.717, 1.165) is 12.0 Å². The molecule has 1 amide bonds. The van der Waals surface area contributed by atoms with Gasteiger partial charge in [-0.05, 0) is 30.2 Å². The Morgan fingerprint density at radius 2 is 1.79 bits per heavy atom. The smallest absolute Gasteiger partial charge is 0.276 e. The van der Waals surface area contributed by atoms with E-state index in [-0.39, 0.29) is 5.91 Å². The predicted octanol–water partition coefficient (Wildman–Crippen LogP) is 1.88. The number of nitrogens with zero attached hydrogens (tertiary/aromatic N) is 2. The van der Waals surface area contributed by atoms with E-state index in [0.29, 0.717) is 35.4 Å². The van der Waals surface area contributed by atoms with Crippen LogP contribution >= 0.6 is 0 Å². The molecule has 0 atom stereocenters. The van der Waals surface area contributed by atoms with Crippen LogP contribution in [0.5, 0.6) is 17.2 Å². The molecule has 0 spiro atoms. The van der Waals surface area contributed by atoms with Crippen LogP contribution in [0.3, 0.4) is 0 Å². The Morgan fingerprint density at radius 1 is 1.17 bits per heavy atom. The van der Waals surface area contributed by atoms with E-state index in [1.54, 1.807) is 46.6 Å². The molecule has 1 aliphatic heterocycles. The first-order valence-corrected chi connectivity index (χ1v) is 7.66. The summed E-state index contributed by atoms with van der Waals surface area (Å²) in [6.45, 7) is 2.70. The molecule has 7 heteroatoms. The third-order valence-electron chi connectivity index (χ3n) is 3.58. The number of carbonyl (C=O) groups is 1. The lowest BCUT2D eigenvalue weighted by Crippen LogP contribution is -2.28. The Labute approximate surface area is 141 Å². The van der Waals surface area contributed by atoms with E-state index in [1.807, 2.05) is 6.92 Å². The van der Waals surface area contributed by atoms with E-state index in [1.165, 1.54) is 4.90 Å². The Hall–Kier alpha value is -2.70. The van der Waals surface area contributed by atoms with Gasteiger partial charge in [0.15, 0.2) is 11.5 Å². The van der Waals surface area contributed by atoms with Crippen LogP contribution in [-0.2, 0) is 4.79 Å². The van der Waals surface area contributed by atoms with Crippen molar-refractivity contribution in [2.75, 3.05) is 34.9 Å². The van der Waals surface area contributed by atoms with Crippen molar-refractivity contribution >= 4 is 17.9 Å². The first kappa shape index (κ1) is 17.7. The fourth-order valence-electron chi connectivity index (χ4n) is 2.35. The van der Waals surface area contributed by atoms with Crippen LogP contribution < -0.4 is 19.5 Å². The van der Waals surface area contributed by atoms with Crippen molar-refractivity contribution in [1.29, 1.82) is 0 Å². The molecule has 0 aromatic heterocycles. The standard InChI is InChI=1S/C17H23N3O4/c1-6-7-18-17-19-12(16(21)20(17)2)8-11-9-13(22-3)15(24-5)14(10-11)23-4/h8-10H,6-7H2,1-5H3,(H,18,19)/b12-8-. The predicted molar refractivity (Wildman–Crippen MR) is 92.6 cm³/mol. The molecular formula is C17H23N3O4. The minimum Gasteiger partial charge on any atom is -0.493 e. The zero-order valence-electron chi connectivity index (χ0n) is 14.7. The molecule has 0 unspecified atom stereocenters. The average molecular weight is 333 g/mol. The minimum absolute atomic E-state index is 0.140. The Kier molecular flexibility index (Phi) is 5.68. The van der Waals surface area contributed by atoms with Gasteiger partial charge in [0.2, 0.25) is 11.7 Å². The molecule has 1 heterocycles. The van der Waals surface area contributed by atoms with Gasteiger partial charge in [-0.2, -0.15) is 0 Å². The van der Waals surface area contributed by atoms with Crippen molar-refractivity contribution in [3.8, 4) is 17.2 Å². The summed E-state index contributed by atoms with van der Waals surface area (Å²) in [6, 6.07) is 3.56. The molecular weight excluding hydrogens is 310 g/mol. The first-order valence-electron chi connectivity index (χ1n) is 7.66. The highest BCUT2D eigenvalue weighted by Gasteiger charge is 2.28. The van der Waals surface area contributed by atoms with E-state index >= 15 is 0 Å². The third kappa shape index (κ3) is 3.45. The number of methoxy groups -OCH3 is 3. The number of benzene rings is 1. The second kappa shape index (κ2) is 7.72. The average Bonchev–Trinajstić information content (AvgIpc) is 2.86. The minimum atomic E-state index is -0.140. The number of amides is 1. The molecule has 1 N–H and O–H groups in total. The number of aliphatic imine (C=N–C) groups is 1. The van der Waals surface area contributed by atoms with Crippen molar-refractivity contribution in [1.82, 2.24) is 10.2 Å². The largest absolute Gasteiger partial charge is 0.493 e. The molecule has 130 valence electrons. The van der Waals surface area contributed by atoms with Gasteiger partial charge in [-0.3, -0.25) is 14.7 Å². The highest BCUT2D eigenvalue weighted by atomic mass is 16.5. The highest BCUT2D eigenvalue weighted by molar-refractivity contribution is 6.15. The van der Waals surface area contributed by atoms with Crippen LogP contribution in [0.25, 0.3) is 6.08 Å². The van der Waals surface area contributed by atoms with E-state index in [4.69, 9.17) is 14.2 Å². The van der Waals surface area contributed by atoms with Gasteiger partial charge in [0.1, 0.15) is 5.70 Å². The number of rotatable bonds is 6. The molecule has 7 nitrogen and oxygen atoms in total. The maximum absolute atomic E-state index is 12.3. The zero-order valence-corrected chi connectivity index (χ0v) is 14.7. The zero-order chi connectivity index (χ0) is 17.7. The Balaban J connectivity index is 2.39. The van der Waals surface area contributed by atoms with E-state index < -0.39 is 0 Å². The van der Waals surface area contributed by atoms with Crippen LogP contribution in [-0.4, -0.2) is 51.7 Å². The maximum atomic E-state index is 12.3. The fourth-order valence-corrected chi connectivity index (χ4v) is 2.35. The normalized spacial score (nSPS) is 17.4. The lowest BCUT2D eigenvalue weighted by molar-refractivity contribution is -0.121. The Bertz CT molecular complexity index is 657. The fraction of sp³-hybridized carbons (Fsp3) is 0.412. The summed E-state index contributed by atoms with van der Waals surface area (Å²) in [5, 5.41) is 3.05. The van der Waals surface area contributed by atoms with Gasteiger partial charge in [0, 0.05) is 13.6 Å². The van der Waals surface area contributed by atoms with Gasteiger partial charge in [-0.25, -0.2) is 0 Å². The second-order valence-electron chi connectivity index (χ2n) is 5.21. The van der Waals surface area contributed by atoms with Crippen LogP contribution in [0.1, 0.15) is 18.9 Å². The van der Waals surface area contributed by atoms with Gasteiger partial charge in [-0.15, -0.1) is 0 Å². The van der Waals surface area contributed by atoms with Crippen LogP contribution in [0, 0.1) is 0 Å². The van der Waals surface area contributed by atoms with Gasteiger partial charge in [0.25, 0.3) is 5.91 Å². The number of carbonyl (C=O) groups excluding carboxylic acids is 1. The van der Waals surface area contributed by atoms with Crippen molar-refractivity contribution in [2.45, 2.75) is 13.3 Å². The molecule has 1 saturated heterocycles. The molecule has 0 bridgehead atoms. The van der Waals surface area contributed by atoms with Crippen LogP contribution in [0.4, 0.5) is 0 Å². The number of ether oxygens (including phenoxy) is 3. The SMILES string of the molecule is CCCN=C1N/C(=C\c2cc(OC)c(OC)c(OC)c2)C(=O)N1C. The highest BCUT2D eigenvalue weighted by Crippen LogP contribution is 2.38.